The molecular formula is C23H27NO7. The van der Waals surface area contributed by atoms with Crippen molar-refractivity contribution < 1.29 is 34.6 Å². The lowest BCUT2D eigenvalue weighted by molar-refractivity contribution is -0.277. The van der Waals surface area contributed by atoms with Gasteiger partial charge in [-0.1, -0.05) is 24.3 Å². The Morgan fingerprint density at radius 3 is 2.68 bits per heavy atom. The van der Waals surface area contributed by atoms with E-state index in [1.165, 1.54) is 11.1 Å². The normalized spacial score (nSPS) is 31.5. The van der Waals surface area contributed by atoms with Crippen molar-refractivity contribution in [2.45, 2.75) is 49.6 Å². The van der Waals surface area contributed by atoms with Crippen molar-refractivity contribution in [2.75, 3.05) is 20.3 Å². The van der Waals surface area contributed by atoms with Gasteiger partial charge in [0.05, 0.1) is 13.7 Å². The summed E-state index contributed by atoms with van der Waals surface area (Å²) < 4.78 is 17.4. The van der Waals surface area contributed by atoms with Crippen LogP contribution in [-0.2, 0) is 17.6 Å². The second-order valence-electron chi connectivity index (χ2n) is 8.29. The Morgan fingerprint density at radius 2 is 1.90 bits per heavy atom. The van der Waals surface area contributed by atoms with E-state index in [1.807, 2.05) is 18.2 Å². The molecule has 8 heteroatoms. The van der Waals surface area contributed by atoms with Crippen molar-refractivity contribution in [1.82, 2.24) is 5.32 Å². The average Bonchev–Trinajstić information content (AvgIpc) is 2.79. The number of aliphatic hydroxyl groups is 4. The Hall–Kier alpha value is -2.20. The summed E-state index contributed by atoms with van der Waals surface area (Å²) in [5.41, 5.74) is 5.58. The molecule has 0 radical (unpaired) electrons. The quantitative estimate of drug-likeness (QED) is 0.470. The van der Waals surface area contributed by atoms with E-state index in [4.69, 9.17) is 14.2 Å². The highest BCUT2D eigenvalue weighted by atomic mass is 16.7. The number of hydrogen-bond donors (Lipinski definition) is 5. The molecule has 1 saturated heterocycles. The van der Waals surface area contributed by atoms with E-state index in [-0.39, 0.29) is 6.04 Å². The topological polar surface area (TPSA) is 121 Å². The minimum absolute atomic E-state index is 0.184. The van der Waals surface area contributed by atoms with E-state index in [0.717, 1.165) is 36.1 Å². The van der Waals surface area contributed by atoms with Gasteiger partial charge in [-0.25, -0.2) is 0 Å². The van der Waals surface area contributed by atoms with Crippen molar-refractivity contribution in [3.05, 3.63) is 47.0 Å². The number of aliphatic hydroxyl groups excluding tert-OH is 4. The predicted molar refractivity (Wildman–Crippen MR) is 111 cm³/mol. The van der Waals surface area contributed by atoms with Crippen LogP contribution in [0.2, 0.25) is 0 Å². The van der Waals surface area contributed by atoms with E-state index in [0.29, 0.717) is 11.5 Å². The molecule has 0 spiro atoms. The van der Waals surface area contributed by atoms with Crippen LogP contribution in [0.4, 0.5) is 0 Å². The minimum atomic E-state index is -1.51. The summed E-state index contributed by atoms with van der Waals surface area (Å²) in [4.78, 5) is 0. The van der Waals surface area contributed by atoms with Crippen LogP contribution in [0.1, 0.15) is 22.7 Å². The number of nitrogens with one attached hydrogen (secondary N) is 1. The molecule has 166 valence electrons. The number of ether oxygens (including phenoxy) is 3. The van der Waals surface area contributed by atoms with Gasteiger partial charge in [-0.3, -0.25) is 0 Å². The molecule has 0 amide bonds. The zero-order valence-electron chi connectivity index (χ0n) is 17.2. The highest BCUT2D eigenvalue weighted by molar-refractivity contribution is 5.83. The van der Waals surface area contributed by atoms with Gasteiger partial charge >= 0.3 is 0 Å². The molecule has 1 aliphatic carbocycles. The summed E-state index contributed by atoms with van der Waals surface area (Å²) in [5.74, 6) is 0.912. The van der Waals surface area contributed by atoms with Crippen LogP contribution in [0, 0.1) is 0 Å². The van der Waals surface area contributed by atoms with Crippen LogP contribution in [0.3, 0.4) is 0 Å². The van der Waals surface area contributed by atoms with Crippen LogP contribution in [-0.4, -0.2) is 71.4 Å². The fourth-order valence-electron chi connectivity index (χ4n) is 4.98. The highest BCUT2D eigenvalue weighted by Crippen LogP contribution is 2.51. The highest BCUT2D eigenvalue weighted by Gasteiger charge is 2.45. The van der Waals surface area contributed by atoms with Crippen LogP contribution >= 0.6 is 0 Å². The zero-order valence-corrected chi connectivity index (χ0v) is 17.2. The molecule has 1 fully saturated rings. The molecule has 5 N–H and O–H groups in total. The molecule has 0 unspecified atom stereocenters. The standard InChI is InChI=1S/C23H27NO7/c1-29-22-15(30-23-21(28)20(27)19(26)16(10-25)31-23)9-12-6-7-24-14-8-11-4-2-3-5-13(11)18(22)17(12)14/h2-5,9,14,16,19-21,23-28H,6-8,10H2,1H3/t14-,16-,19-,20+,21-,23-/m1/s1. The Morgan fingerprint density at radius 1 is 1.10 bits per heavy atom. The summed E-state index contributed by atoms with van der Waals surface area (Å²) in [7, 11) is 1.57. The smallest absolute Gasteiger partial charge is 0.229 e. The molecule has 5 rings (SSSR count). The summed E-state index contributed by atoms with van der Waals surface area (Å²) in [6.07, 6.45) is -5.04. The van der Waals surface area contributed by atoms with Crippen molar-refractivity contribution in [1.29, 1.82) is 0 Å². The van der Waals surface area contributed by atoms with Gasteiger partial charge in [0.2, 0.25) is 6.29 Å². The van der Waals surface area contributed by atoms with Crippen LogP contribution in [0.25, 0.3) is 11.1 Å². The molecule has 3 aliphatic rings. The summed E-state index contributed by atoms with van der Waals surface area (Å²) in [5, 5.41) is 43.7. The maximum atomic E-state index is 10.4. The second kappa shape index (κ2) is 8.05. The number of rotatable bonds is 4. The Bertz CT molecular complexity index is 979. The Balaban J connectivity index is 1.60. The van der Waals surface area contributed by atoms with E-state index in [1.54, 1.807) is 7.11 Å². The zero-order chi connectivity index (χ0) is 21.7. The molecule has 2 aromatic rings. The van der Waals surface area contributed by atoms with Gasteiger partial charge in [0.15, 0.2) is 11.5 Å². The fraction of sp³-hybridized carbons (Fsp3) is 0.478. The monoisotopic (exact) mass is 429 g/mol. The third-order valence-corrected chi connectivity index (χ3v) is 6.51. The second-order valence-corrected chi connectivity index (χ2v) is 8.29. The minimum Gasteiger partial charge on any atom is -0.492 e. The van der Waals surface area contributed by atoms with E-state index < -0.39 is 37.3 Å². The third-order valence-electron chi connectivity index (χ3n) is 6.51. The van der Waals surface area contributed by atoms with E-state index in [2.05, 4.69) is 17.4 Å². The number of methoxy groups -OCH3 is 1. The summed E-state index contributed by atoms with van der Waals surface area (Å²) in [6, 6.07) is 10.3. The van der Waals surface area contributed by atoms with Gasteiger partial charge in [-0.15, -0.1) is 0 Å². The van der Waals surface area contributed by atoms with Gasteiger partial charge in [0, 0.05) is 11.6 Å². The molecule has 6 atom stereocenters. The van der Waals surface area contributed by atoms with Crippen LogP contribution in [0.5, 0.6) is 11.5 Å². The SMILES string of the molecule is COc1c(O[C@@H]2O[C@H](CO)[C@@H](O)[C@H](O)[C@H]2O)cc2c3c1-c1ccccc1C[C@H]3NCC2. The van der Waals surface area contributed by atoms with Gasteiger partial charge in [0.25, 0.3) is 0 Å². The van der Waals surface area contributed by atoms with E-state index >= 15 is 0 Å². The predicted octanol–water partition coefficient (Wildman–Crippen LogP) is 0.284. The molecule has 0 saturated carbocycles. The van der Waals surface area contributed by atoms with Gasteiger partial charge in [-0.05, 0) is 47.7 Å². The molecule has 0 aromatic heterocycles. The number of hydrogen-bond acceptors (Lipinski definition) is 8. The first-order chi connectivity index (χ1) is 15.0. The van der Waals surface area contributed by atoms with Gasteiger partial charge in [0.1, 0.15) is 24.4 Å². The Labute approximate surface area is 180 Å². The third kappa shape index (κ3) is 3.31. The lowest BCUT2D eigenvalue weighted by atomic mass is 9.77. The van der Waals surface area contributed by atoms with Crippen molar-refractivity contribution in [3.8, 4) is 22.6 Å². The van der Waals surface area contributed by atoms with Crippen molar-refractivity contribution >= 4 is 0 Å². The fourth-order valence-corrected chi connectivity index (χ4v) is 4.98. The van der Waals surface area contributed by atoms with Crippen LogP contribution < -0.4 is 14.8 Å². The lowest BCUT2D eigenvalue weighted by Crippen LogP contribution is -2.60. The van der Waals surface area contributed by atoms with Crippen molar-refractivity contribution in [3.63, 3.8) is 0 Å². The molecule has 0 bridgehead atoms. The first-order valence-electron chi connectivity index (χ1n) is 10.6. The largest absolute Gasteiger partial charge is 0.492 e. The van der Waals surface area contributed by atoms with Gasteiger partial charge < -0.3 is 40.0 Å². The maximum absolute atomic E-state index is 10.4. The molecule has 2 heterocycles. The number of fused-ring (bicyclic) bond motifs is 2. The molecular weight excluding hydrogens is 402 g/mol. The maximum Gasteiger partial charge on any atom is 0.229 e. The molecule has 2 aromatic carbocycles. The summed E-state index contributed by atoms with van der Waals surface area (Å²) in [6.45, 7) is 0.323. The molecule has 8 nitrogen and oxygen atoms in total. The average molecular weight is 429 g/mol. The summed E-state index contributed by atoms with van der Waals surface area (Å²) >= 11 is 0. The van der Waals surface area contributed by atoms with E-state index in [9.17, 15) is 20.4 Å². The number of benzene rings is 2. The Kier molecular flexibility index (Phi) is 5.37. The van der Waals surface area contributed by atoms with Gasteiger partial charge in [-0.2, -0.15) is 0 Å². The first kappa shape index (κ1) is 20.7. The van der Waals surface area contributed by atoms with Crippen LogP contribution in [0.15, 0.2) is 30.3 Å². The van der Waals surface area contributed by atoms with Crippen molar-refractivity contribution in [2.24, 2.45) is 0 Å². The molecule has 2 aliphatic heterocycles. The first-order valence-corrected chi connectivity index (χ1v) is 10.6. The molecule has 31 heavy (non-hydrogen) atoms. The lowest BCUT2D eigenvalue weighted by Gasteiger charge is -2.40.